The molecule has 2 aliphatic rings. The molecule has 1 saturated heterocycles. The van der Waals surface area contributed by atoms with Crippen molar-refractivity contribution < 1.29 is 38.5 Å². The number of nitrogens with zero attached hydrogens (tertiary/aromatic N) is 3. The smallest absolute Gasteiger partial charge is 0.407 e. The third-order valence-electron chi connectivity index (χ3n) is 8.85. The van der Waals surface area contributed by atoms with E-state index in [1.165, 1.54) is 4.90 Å². The molecule has 0 spiro atoms. The monoisotopic (exact) mass is 652 g/mol. The van der Waals surface area contributed by atoms with E-state index in [1.807, 2.05) is 18.7 Å². The molecule has 12 heteroatoms. The van der Waals surface area contributed by atoms with E-state index in [0.29, 0.717) is 73.6 Å². The summed E-state index contributed by atoms with van der Waals surface area (Å²) < 4.78 is 16.4. The molecule has 1 saturated carbocycles. The van der Waals surface area contributed by atoms with Crippen LogP contribution in [-0.4, -0.2) is 108 Å². The van der Waals surface area contributed by atoms with Crippen molar-refractivity contribution in [2.24, 2.45) is 5.73 Å². The molecule has 2 atom stereocenters. The molecule has 4 rings (SSSR count). The largest absolute Gasteiger partial charge is 0.493 e. The first-order chi connectivity index (χ1) is 22.5. The first-order valence-electron chi connectivity index (χ1n) is 16.3. The highest BCUT2D eigenvalue weighted by Crippen LogP contribution is 2.32. The van der Waals surface area contributed by atoms with E-state index in [9.17, 15) is 24.3 Å². The predicted octanol–water partition coefficient (Wildman–Crippen LogP) is 4.19. The number of benzene rings is 2. The van der Waals surface area contributed by atoms with Crippen molar-refractivity contribution in [1.82, 2.24) is 14.7 Å². The number of primary amides is 1. The lowest BCUT2D eigenvalue weighted by Gasteiger charge is -2.44. The number of carbonyl (C=O) groups excluding carboxylic acids is 3. The number of carboxylic acid groups (broad SMARTS) is 1. The third-order valence-corrected chi connectivity index (χ3v) is 8.85. The van der Waals surface area contributed by atoms with Crippen molar-refractivity contribution >= 4 is 23.8 Å². The zero-order valence-corrected chi connectivity index (χ0v) is 27.9. The predicted molar refractivity (Wildman–Crippen MR) is 176 cm³/mol. The number of hydrogen-bond acceptors (Lipinski definition) is 7. The topological polar surface area (TPSA) is 152 Å². The fourth-order valence-corrected chi connectivity index (χ4v) is 6.34. The Morgan fingerprint density at radius 2 is 1.70 bits per heavy atom. The van der Waals surface area contributed by atoms with Crippen molar-refractivity contribution in [3.8, 4) is 11.5 Å². The van der Waals surface area contributed by atoms with Gasteiger partial charge in [-0.25, -0.2) is 4.79 Å². The van der Waals surface area contributed by atoms with Crippen LogP contribution in [0.25, 0.3) is 0 Å². The molecule has 12 nitrogen and oxygen atoms in total. The molecule has 1 aliphatic heterocycles. The molecule has 2 aromatic rings. The van der Waals surface area contributed by atoms with E-state index >= 15 is 0 Å². The van der Waals surface area contributed by atoms with Gasteiger partial charge in [0.05, 0.1) is 26.2 Å². The summed E-state index contributed by atoms with van der Waals surface area (Å²) in [4.78, 5) is 56.4. The Morgan fingerprint density at radius 1 is 0.957 bits per heavy atom. The Labute approximate surface area is 276 Å². The lowest BCUT2D eigenvalue weighted by atomic mass is 9.93. The van der Waals surface area contributed by atoms with Crippen molar-refractivity contribution in [3.05, 3.63) is 59.2 Å². The number of amides is 4. The average molecular weight is 653 g/mol. The number of methoxy groups -OCH3 is 2. The Morgan fingerprint density at radius 3 is 2.34 bits per heavy atom. The number of ether oxygens (including phenoxy) is 3. The minimum Gasteiger partial charge on any atom is -0.493 e. The van der Waals surface area contributed by atoms with Crippen LogP contribution in [0, 0.1) is 0 Å². The van der Waals surface area contributed by atoms with Crippen LogP contribution in [0.1, 0.15) is 78.7 Å². The normalized spacial score (nSPS) is 17.7. The molecular weight excluding hydrogens is 604 g/mol. The van der Waals surface area contributed by atoms with Crippen molar-refractivity contribution in [2.75, 3.05) is 40.5 Å². The molecule has 2 fully saturated rings. The van der Waals surface area contributed by atoms with Crippen LogP contribution in [0.5, 0.6) is 11.5 Å². The molecule has 3 N–H and O–H groups in total. The Hall–Kier alpha value is -4.32. The van der Waals surface area contributed by atoms with Crippen LogP contribution in [-0.2, 0) is 16.0 Å². The highest BCUT2D eigenvalue weighted by atomic mass is 16.5. The molecule has 0 bridgehead atoms. The molecule has 2 aromatic carbocycles. The first kappa shape index (κ1) is 35.5. The molecule has 1 aliphatic carbocycles. The van der Waals surface area contributed by atoms with Gasteiger partial charge in [-0.05, 0) is 81.8 Å². The summed E-state index contributed by atoms with van der Waals surface area (Å²) in [5.74, 6) is 0.179. The summed E-state index contributed by atoms with van der Waals surface area (Å²) in [6.07, 6.45) is 3.31. The minimum atomic E-state index is -1.04. The second kappa shape index (κ2) is 16.5. The van der Waals surface area contributed by atoms with Crippen LogP contribution in [0.3, 0.4) is 0 Å². The zero-order valence-electron chi connectivity index (χ0n) is 27.9. The van der Waals surface area contributed by atoms with E-state index < -0.39 is 12.0 Å². The van der Waals surface area contributed by atoms with E-state index in [4.69, 9.17) is 19.9 Å². The van der Waals surface area contributed by atoms with Gasteiger partial charge < -0.3 is 39.8 Å². The van der Waals surface area contributed by atoms with Crippen LogP contribution in [0.2, 0.25) is 0 Å². The van der Waals surface area contributed by atoms with Crippen molar-refractivity contribution in [2.45, 2.75) is 83.0 Å². The summed E-state index contributed by atoms with van der Waals surface area (Å²) in [5, 5.41) is 10.2. The average Bonchev–Trinajstić information content (AvgIpc) is 3.89. The summed E-state index contributed by atoms with van der Waals surface area (Å²) in [7, 11) is 3.17. The van der Waals surface area contributed by atoms with Crippen LogP contribution in [0.4, 0.5) is 4.79 Å². The SMILES string of the molecule is COCCCOc1cc(C(=O)N(C(C)C)[C@@H]2CC[C@H](CCN(C(=O)Cc3cccc(C(N)=O)c3)C3CC3)N(C(=O)O)C2)ccc1OC. The highest BCUT2D eigenvalue weighted by Gasteiger charge is 2.39. The van der Waals surface area contributed by atoms with Gasteiger partial charge in [0.1, 0.15) is 0 Å². The van der Waals surface area contributed by atoms with Gasteiger partial charge in [-0.2, -0.15) is 0 Å². The molecular formula is C35H48N4O8. The van der Waals surface area contributed by atoms with Gasteiger partial charge in [-0.1, -0.05) is 12.1 Å². The number of nitrogens with two attached hydrogens (primary N) is 1. The van der Waals surface area contributed by atoms with Crippen LogP contribution >= 0.6 is 0 Å². The maximum Gasteiger partial charge on any atom is 0.407 e. The maximum atomic E-state index is 13.9. The lowest BCUT2D eigenvalue weighted by molar-refractivity contribution is -0.131. The molecule has 0 aromatic heterocycles. The summed E-state index contributed by atoms with van der Waals surface area (Å²) in [5.41, 5.74) is 6.91. The van der Waals surface area contributed by atoms with Gasteiger partial charge in [0.2, 0.25) is 11.8 Å². The zero-order chi connectivity index (χ0) is 34.1. The van der Waals surface area contributed by atoms with Gasteiger partial charge in [0.15, 0.2) is 11.5 Å². The van der Waals surface area contributed by atoms with Crippen molar-refractivity contribution in [3.63, 3.8) is 0 Å². The van der Waals surface area contributed by atoms with Gasteiger partial charge >= 0.3 is 6.09 Å². The number of carbonyl (C=O) groups is 4. The summed E-state index contributed by atoms with van der Waals surface area (Å²) in [6.45, 7) is 5.42. The highest BCUT2D eigenvalue weighted by molar-refractivity contribution is 5.95. The first-order valence-corrected chi connectivity index (χ1v) is 16.3. The second-order valence-electron chi connectivity index (χ2n) is 12.5. The van der Waals surface area contributed by atoms with Crippen LogP contribution in [0.15, 0.2) is 42.5 Å². The summed E-state index contributed by atoms with van der Waals surface area (Å²) in [6, 6.07) is 11.2. The van der Waals surface area contributed by atoms with Crippen LogP contribution < -0.4 is 15.2 Å². The Bertz CT molecular complexity index is 1410. The molecule has 0 radical (unpaired) electrons. The fourth-order valence-electron chi connectivity index (χ4n) is 6.34. The molecule has 1 heterocycles. The van der Waals surface area contributed by atoms with Gasteiger partial charge in [-0.15, -0.1) is 0 Å². The Balaban J connectivity index is 1.42. The molecule has 0 unspecified atom stereocenters. The van der Waals surface area contributed by atoms with Crippen molar-refractivity contribution in [1.29, 1.82) is 0 Å². The third kappa shape index (κ3) is 9.37. The van der Waals surface area contributed by atoms with Gasteiger partial charge in [0.25, 0.3) is 5.91 Å². The number of likely N-dealkylation sites (tertiary alicyclic amines) is 1. The fraction of sp³-hybridized carbons (Fsp3) is 0.543. The van der Waals surface area contributed by atoms with E-state index in [1.54, 1.807) is 61.6 Å². The number of rotatable bonds is 16. The second-order valence-corrected chi connectivity index (χ2v) is 12.5. The quantitative estimate of drug-likeness (QED) is 0.256. The standard InChI is InChI=1S/C35H48N4O8/c1-23(2)39(34(42)26-9-14-30(46-4)31(21-26)47-18-6-17-45-3)29-13-12-28(38(22-29)35(43)44)15-16-37(27-10-11-27)32(40)20-24-7-5-8-25(19-24)33(36)41/h5,7-9,14,19,21,23,27-29H,6,10-13,15-18,20,22H2,1-4H3,(H2,36,41)(H,43,44)/t28-,29-/m1/s1. The molecule has 4 amide bonds. The number of piperidine rings is 1. The van der Waals surface area contributed by atoms with E-state index in [2.05, 4.69) is 0 Å². The minimum absolute atomic E-state index is 0.0530. The van der Waals surface area contributed by atoms with Gasteiger partial charge in [-0.3, -0.25) is 14.4 Å². The van der Waals surface area contributed by atoms with Gasteiger partial charge in [0, 0.05) is 62.5 Å². The number of hydrogen-bond donors (Lipinski definition) is 2. The van der Waals surface area contributed by atoms with E-state index in [-0.39, 0.29) is 48.9 Å². The maximum absolute atomic E-state index is 13.9. The van der Waals surface area contributed by atoms with E-state index in [0.717, 1.165) is 12.8 Å². The lowest BCUT2D eigenvalue weighted by Crippen LogP contribution is -2.57. The molecule has 256 valence electrons. The Kier molecular flexibility index (Phi) is 12.5. The summed E-state index contributed by atoms with van der Waals surface area (Å²) >= 11 is 0. The molecule has 47 heavy (non-hydrogen) atoms.